The van der Waals surface area contributed by atoms with Gasteiger partial charge in [0, 0.05) is 39.2 Å². The zero-order valence-corrected chi connectivity index (χ0v) is 14.5. The first-order chi connectivity index (χ1) is 12.3. The SMILES string of the molecule is COCCN(/C=C(/C#N)C(=O)Nc1cccc(C(F)(F)F)c1)CCOC. The maximum absolute atomic E-state index is 12.7. The Morgan fingerprint density at radius 1 is 1.27 bits per heavy atom. The second-order valence-electron chi connectivity index (χ2n) is 5.21. The monoisotopic (exact) mass is 371 g/mol. The highest BCUT2D eigenvalue weighted by Gasteiger charge is 2.30. The van der Waals surface area contributed by atoms with Crippen LogP contribution in [-0.4, -0.2) is 51.3 Å². The molecule has 0 heterocycles. The number of anilines is 1. The number of nitriles is 1. The third kappa shape index (κ3) is 7.13. The molecule has 9 heteroatoms. The second-order valence-corrected chi connectivity index (χ2v) is 5.21. The van der Waals surface area contributed by atoms with E-state index in [1.54, 1.807) is 11.0 Å². The number of carbonyl (C=O) groups is 1. The van der Waals surface area contributed by atoms with Crippen LogP contribution in [0.1, 0.15) is 5.56 Å². The maximum atomic E-state index is 12.7. The highest BCUT2D eigenvalue weighted by molar-refractivity contribution is 6.06. The minimum atomic E-state index is -4.52. The number of ether oxygens (including phenoxy) is 2. The smallest absolute Gasteiger partial charge is 0.383 e. The Balaban J connectivity index is 2.92. The molecule has 0 unspecified atom stereocenters. The number of methoxy groups -OCH3 is 2. The van der Waals surface area contributed by atoms with Gasteiger partial charge >= 0.3 is 6.18 Å². The van der Waals surface area contributed by atoms with Gasteiger partial charge in [0.15, 0.2) is 0 Å². The van der Waals surface area contributed by atoms with E-state index in [0.717, 1.165) is 12.1 Å². The van der Waals surface area contributed by atoms with Crippen molar-refractivity contribution >= 4 is 11.6 Å². The van der Waals surface area contributed by atoms with Gasteiger partial charge in [-0.3, -0.25) is 4.79 Å². The predicted octanol–water partition coefficient (Wildman–Crippen LogP) is 2.65. The van der Waals surface area contributed by atoms with Crippen molar-refractivity contribution in [1.82, 2.24) is 4.90 Å². The number of halogens is 3. The molecule has 142 valence electrons. The van der Waals surface area contributed by atoms with Crippen molar-refractivity contribution in [2.45, 2.75) is 6.18 Å². The fraction of sp³-hybridized carbons (Fsp3) is 0.412. The summed E-state index contributed by atoms with van der Waals surface area (Å²) in [7, 11) is 3.04. The summed E-state index contributed by atoms with van der Waals surface area (Å²) in [6, 6.07) is 5.95. The number of rotatable bonds is 9. The molecule has 0 aliphatic heterocycles. The number of amides is 1. The van der Waals surface area contributed by atoms with Crippen LogP contribution in [0.15, 0.2) is 36.0 Å². The number of carbonyl (C=O) groups excluding carboxylic acids is 1. The predicted molar refractivity (Wildman–Crippen MR) is 89.1 cm³/mol. The molecule has 1 aromatic carbocycles. The van der Waals surface area contributed by atoms with Crippen LogP contribution in [0.3, 0.4) is 0 Å². The summed E-state index contributed by atoms with van der Waals surface area (Å²) in [5, 5.41) is 11.5. The molecule has 0 bridgehead atoms. The lowest BCUT2D eigenvalue weighted by atomic mass is 10.2. The summed E-state index contributed by atoms with van der Waals surface area (Å²) in [6.07, 6.45) is -3.19. The minimum absolute atomic E-state index is 0.0497. The molecule has 0 saturated heterocycles. The average Bonchev–Trinajstić information content (AvgIpc) is 2.60. The van der Waals surface area contributed by atoms with Crippen LogP contribution in [0.25, 0.3) is 0 Å². The number of nitrogens with zero attached hydrogens (tertiary/aromatic N) is 2. The molecule has 0 saturated carbocycles. The lowest BCUT2D eigenvalue weighted by Crippen LogP contribution is -2.27. The fourth-order valence-electron chi connectivity index (χ4n) is 1.95. The molecular formula is C17H20F3N3O3. The van der Waals surface area contributed by atoms with Gasteiger partial charge < -0.3 is 19.7 Å². The zero-order chi connectivity index (χ0) is 19.6. The van der Waals surface area contributed by atoms with Crippen molar-refractivity contribution in [2.75, 3.05) is 45.8 Å². The number of benzene rings is 1. The van der Waals surface area contributed by atoms with E-state index in [1.165, 1.54) is 32.6 Å². The van der Waals surface area contributed by atoms with Crippen LogP contribution in [0.5, 0.6) is 0 Å². The number of hydrogen-bond acceptors (Lipinski definition) is 5. The van der Waals surface area contributed by atoms with Crippen molar-refractivity contribution in [3.8, 4) is 6.07 Å². The lowest BCUT2D eigenvalue weighted by Gasteiger charge is -2.20. The summed E-state index contributed by atoms with van der Waals surface area (Å²) < 4.78 is 48.1. The van der Waals surface area contributed by atoms with Crippen molar-refractivity contribution in [2.24, 2.45) is 0 Å². The molecule has 26 heavy (non-hydrogen) atoms. The first-order valence-corrected chi connectivity index (χ1v) is 7.64. The standard InChI is InChI=1S/C17H20F3N3O3/c1-25-8-6-23(7-9-26-2)12-13(11-21)16(24)22-15-5-3-4-14(10-15)17(18,19)20/h3-5,10,12H,6-9H2,1-2H3,(H,22,24)/b13-12-. The van der Waals surface area contributed by atoms with Crippen LogP contribution in [0.4, 0.5) is 18.9 Å². The molecule has 0 atom stereocenters. The van der Waals surface area contributed by atoms with E-state index >= 15 is 0 Å². The normalized spacial score (nSPS) is 11.8. The van der Waals surface area contributed by atoms with Crippen molar-refractivity contribution < 1.29 is 27.4 Å². The summed E-state index contributed by atoms with van der Waals surface area (Å²) >= 11 is 0. The Morgan fingerprint density at radius 3 is 2.38 bits per heavy atom. The van der Waals surface area contributed by atoms with E-state index in [1.807, 2.05) is 0 Å². The molecule has 6 nitrogen and oxygen atoms in total. The summed E-state index contributed by atoms with van der Waals surface area (Å²) in [4.78, 5) is 13.9. The zero-order valence-electron chi connectivity index (χ0n) is 14.5. The van der Waals surface area contributed by atoms with Gasteiger partial charge in [0.25, 0.3) is 5.91 Å². The minimum Gasteiger partial charge on any atom is -0.383 e. The molecule has 0 fully saturated rings. The summed E-state index contributed by atoms with van der Waals surface area (Å²) in [5.74, 6) is -0.799. The quantitative estimate of drug-likeness (QED) is 0.534. The van der Waals surface area contributed by atoms with Gasteiger partial charge in [0.1, 0.15) is 11.6 Å². The van der Waals surface area contributed by atoms with Gasteiger partial charge in [-0.15, -0.1) is 0 Å². The molecule has 0 aliphatic carbocycles. The Morgan fingerprint density at radius 2 is 1.88 bits per heavy atom. The number of alkyl halides is 3. The fourth-order valence-corrected chi connectivity index (χ4v) is 1.95. The third-order valence-electron chi connectivity index (χ3n) is 3.29. The van der Waals surface area contributed by atoms with Gasteiger partial charge in [-0.25, -0.2) is 0 Å². The molecule has 1 rings (SSSR count). The molecule has 0 spiro atoms. The molecule has 0 radical (unpaired) electrons. The van der Waals surface area contributed by atoms with E-state index in [9.17, 15) is 23.2 Å². The Kier molecular flexibility index (Phi) is 8.61. The first kappa shape index (κ1) is 21.5. The molecule has 0 aliphatic rings. The molecule has 0 aromatic heterocycles. The molecule has 1 aromatic rings. The Labute approximate surface area is 149 Å². The highest BCUT2D eigenvalue weighted by Crippen LogP contribution is 2.30. The van der Waals surface area contributed by atoms with Gasteiger partial charge in [-0.2, -0.15) is 18.4 Å². The maximum Gasteiger partial charge on any atom is 0.416 e. The van der Waals surface area contributed by atoms with Crippen molar-refractivity contribution in [3.63, 3.8) is 0 Å². The third-order valence-corrected chi connectivity index (χ3v) is 3.29. The van der Waals surface area contributed by atoms with E-state index in [0.29, 0.717) is 26.3 Å². The van der Waals surface area contributed by atoms with Crippen molar-refractivity contribution in [1.29, 1.82) is 5.26 Å². The summed E-state index contributed by atoms with van der Waals surface area (Å²) in [6.45, 7) is 1.58. The second kappa shape index (κ2) is 10.4. The highest BCUT2D eigenvalue weighted by atomic mass is 19.4. The molecule has 1 N–H and O–H groups in total. The van der Waals surface area contributed by atoms with Gasteiger partial charge in [-0.05, 0) is 18.2 Å². The number of nitrogens with one attached hydrogen (secondary N) is 1. The summed E-state index contributed by atoms with van der Waals surface area (Å²) in [5.41, 5.74) is -1.18. The van der Waals surface area contributed by atoms with Crippen LogP contribution < -0.4 is 5.32 Å². The largest absolute Gasteiger partial charge is 0.416 e. The van der Waals surface area contributed by atoms with Crippen LogP contribution in [-0.2, 0) is 20.4 Å². The van der Waals surface area contributed by atoms with Gasteiger partial charge in [-0.1, -0.05) is 6.07 Å². The van der Waals surface area contributed by atoms with E-state index in [2.05, 4.69) is 5.32 Å². The number of hydrogen-bond donors (Lipinski definition) is 1. The molecule has 1 amide bonds. The van der Waals surface area contributed by atoms with E-state index < -0.39 is 17.6 Å². The first-order valence-electron chi connectivity index (χ1n) is 7.64. The van der Waals surface area contributed by atoms with Crippen LogP contribution in [0.2, 0.25) is 0 Å². The van der Waals surface area contributed by atoms with Crippen molar-refractivity contribution in [3.05, 3.63) is 41.6 Å². The van der Waals surface area contributed by atoms with Crippen LogP contribution in [0, 0.1) is 11.3 Å². The Bertz CT molecular complexity index is 661. The topological polar surface area (TPSA) is 74.6 Å². The van der Waals surface area contributed by atoms with Gasteiger partial charge in [0.05, 0.1) is 18.8 Å². The van der Waals surface area contributed by atoms with Crippen LogP contribution >= 0.6 is 0 Å². The lowest BCUT2D eigenvalue weighted by molar-refractivity contribution is -0.137. The Hall–Kier alpha value is -2.57. The van der Waals surface area contributed by atoms with E-state index in [-0.39, 0.29) is 11.3 Å². The van der Waals surface area contributed by atoms with Gasteiger partial charge in [0.2, 0.25) is 0 Å². The molecular weight excluding hydrogens is 351 g/mol. The average molecular weight is 371 g/mol. The van der Waals surface area contributed by atoms with E-state index in [4.69, 9.17) is 9.47 Å².